The van der Waals surface area contributed by atoms with Crippen molar-refractivity contribution in [3.05, 3.63) is 83.4 Å². The number of carbonyl (C=O) groups excluding carboxylic acids is 3. The van der Waals surface area contributed by atoms with Gasteiger partial charge in [0.1, 0.15) is 40.5 Å². The lowest BCUT2D eigenvalue weighted by molar-refractivity contribution is -0.265. The second-order valence-corrected chi connectivity index (χ2v) is 12.3. The molecule has 0 spiro atoms. The number of aromatic nitrogens is 2. The van der Waals surface area contributed by atoms with Gasteiger partial charge in [-0.25, -0.2) is 14.2 Å². The summed E-state index contributed by atoms with van der Waals surface area (Å²) in [6, 6.07) is 10.9. The maximum Gasteiger partial charge on any atom is 0.424 e. The molecule has 2 aromatic carbocycles. The van der Waals surface area contributed by atoms with Crippen LogP contribution in [0.15, 0.2) is 60.8 Å². The van der Waals surface area contributed by atoms with Crippen molar-refractivity contribution in [3.8, 4) is 22.8 Å². The number of fused-ring (bicyclic) bond motifs is 2. The number of urea groups is 1. The largest absolute Gasteiger partial charge is 0.489 e. The van der Waals surface area contributed by atoms with Crippen LogP contribution in [0, 0.1) is 5.82 Å². The number of pyridine rings is 2. The highest BCUT2D eigenvalue weighted by Gasteiger charge is 2.58. The zero-order valence-corrected chi connectivity index (χ0v) is 26.6. The maximum atomic E-state index is 15.0. The number of hydrogen-bond donors (Lipinski definition) is 5. The third-order valence-corrected chi connectivity index (χ3v) is 8.55. The Bertz CT molecular complexity index is 1970. The molecule has 1 saturated carbocycles. The van der Waals surface area contributed by atoms with E-state index in [0.717, 1.165) is 31.0 Å². The van der Waals surface area contributed by atoms with Gasteiger partial charge in [-0.05, 0) is 68.3 Å². The topological polar surface area (TPSA) is 178 Å². The van der Waals surface area contributed by atoms with E-state index in [1.807, 2.05) is 0 Å². The zero-order valence-electron chi connectivity index (χ0n) is 26.6. The number of alkyl halides is 3. The smallest absolute Gasteiger partial charge is 0.424 e. The summed E-state index contributed by atoms with van der Waals surface area (Å²) in [7, 11) is 0. The van der Waals surface area contributed by atoms with Gasteiger partial charge in [-0.15, -0.1) is 0 Å². The van der Waals surface area contributed by atoms with E-state index < -0.39 is 53.1 Å². The van der Waals surface area contributed by atoms with E-state index in [-0.39, 0.29) is 53.9 Å². The van der Waals surface area contributed by atoms with Crippen LogP contribution < -0.4 is 31.2 Å². The molecule has 0 unspecified atom stereocenters. The normalized spacial score (nSPS) is 18.0. The number of ether oxygens (including phenoxy) is 2. The lowest BCUT2D eigenvalue weighted by Crippen LogP contribution is -2.52. The third kappa shape index (κ3) is 6.70. The number of benzene rings is 2. The van der Waals surface area contributed by atoms with Gasteiger partial charge < -0.3 is 36.3 Å². The van der Waals surface area contributed by atoms with E-state index in [9.17, 15) is 37.1 Å². The van der Waals surface area contributed by atoms with Crippen LogP contribution in [0.5, 0.6) is 11.5 Å². The first-order valence-electron chi connectivity index (χ1n) is 15.6. The third-order valence-electron chi connectivity index (χ3n) is 8.55. The van der Waals surface area contributed by atoms with Crippen LogP contribution in [0.1, 0.15) is 41.4 Å². The van der Waals surface area contributed by atoms with E-state index >= 15 is 0 Å². The molecule has 4 amide bonds. The van der Waals surface area contributed by atoms with Crippen LogP contribution in [0.4, 0.5) is 22.4 Å². The van der Waals surface area contributed by atoms with Gasteiger partial charge in [0.25, 0.3) is 5.91 Å². The molecule has 6 rings (SSSR count). The van der Waals surface area contributed by atoms with Gasteiger partial charge in [-0.1, -0.05) is 6.07 Å². The SMILES string of the molecule is C[C@]1(C(=O)NCCNC(N)=O)COc2c1cc([C@@](O)(CNC(=O)c1cc(OC3CC3)c3ncccc3c1)C(F)(F)F)nc2-c1ccc(F)cc1. The second kappa shape index (κ2) is 13.1. The van der Waals surface area contributed by atoms with Crippen molar-refractivity contribution in [2.75, 3.05) is 26.2 Å². The van der Waals surface area contributed by atoms with Crippen LogP contribution in [-0.4, -0.2) is 71.4 Å². The number of carbonyl (C=O) groups is 3. The van der Waals surface area contributed by atoms with Crippen LogP contribution in [0.25, 0.3) is 22.2 Å². The number of hydrogen-bond acceptors (Lipinski definition) is 8. The van der Waals surface area contributed by atoms with Crippen molar-refractivity contribution in [1.82, 2.24) is 25.9 Å². The molecular weight excluding hydrogens is 664 g/mol. The van der Waals surface area contributed by atoms with Gasteiger partial charge in [0.2, 0.25) is 11.5 Å². The Morgan fingerprint density at radius 3 is 2.46 bits per heavy atom. The molecule has 12 nitrogen and oxygen atoms in total. The summed E-state index contributed by atoms with van der Waals surface area (Å²) < 4.78 is 70.4. The lowest BCUT2D eigenvalue weighted by Gasteiger charge is -2.31. The van der Waals surface area contributed by atoms with E-state index in [4.69, 9.17) is 15.2 Å². The minimum Gasteiger partial charge on any atom is -0.489 e. The molecule has 1 aliphatic carbocycles. The van der Waals surface area contributed by atoms with E-state index in [1.54, 1.807) is 18.3 Å². The molecular formula is C34H32F4N6O6. The molecule has 1 fully saturated rings. The lowest BCUT2D eigenvalue weighted by atomic mass is 9.81. The standard InChI is InChI=1S/C34H32F4N6O6/c1-32(30(46)41-11-12-42-31(39)47)17-49-28-23(32)15-25(44-27(28)18-4-6-21(35)7-5-18)33(48,34(36,37)38)16-43-29(45)20-13-19-3-2-10-40-26(19)24(14-20)50-22-8-9-22/h2-7,10,13-15,22,48H,8-9,11-12,16-17H2,1H3,(H,41,46)(H,43,45)(H3,39,42,47)/t32-,33-/m0/s1. The second-order valence-electron chi connectivity index (χ2n) is 12.3. The molecule has 2 atom stereocenters. The fourth-order valence-electron chi connectivity index (χ4n) is 5.54. The molecule has 6 N–H and O–H groups in total. The molecule has 0 radical (unpaired) electrons. The van der Waals surface area contributed by atoms with Gasteiger partial charge in [-0.3, -0.25) is 14.6 Å². The minimum atomic E-state index is -5.40. The van der Waals surface area contributed by atoms with Crippen molar-refractivity contribution in [3.63, 3.8) is 0 Å². The van der Waals surface area contributed by atoms with Crippen LogP contribution in [0.2, 0.25) is 0 Å². The summed E-state index contributed by atoms with van der Waals surface area (Å²) in [5.74, 6) is -1.97. The first kappa shape index (κ1) is 34.4. The Morgan fingerprint density at radius 1 is 1.06 bits per heavy atom. The molecule has 2 aromatic heterocycles. The van der Waals surface area contributed by atoms with Crippen molar-refractivity contribution in [1.29, 1.82) is 0 Å². The molecule has 1 aliphatic heterocycles. The average Bonchev–Trinajstić information content (AvgIpc) is 3.84. The van der Waals surface area contributed by atoms with Crippen LogP contribution in [-0.2, 0) is 15.8 Å². The number of halogens is 4. The molecule has 0 bridgehead atoms. The van der Waals surface area contributed by atoms with Crippen LogP contribution in [0.3, 0.4) is 0 Å². The number of aliphatic hydroxyl groups is 1. The first-order valence-corrected chi connectivity index (χ1v) is 15.6. The van der Waals surface area contributed by atoms with Crippen molar-refractivity contribution in [2.24, 2.45) is 5.73 Å². The van der Waals surface area contributed by atoms with E-state index in [2.05, 4.69) is 25.9 Å². The fraction of sp³-hybridized carbons (Fsp3) is 0.324. The monoisotopic (exact) mass is 696 g/mol. The zero-order chi connectivity index (χ0) is 35.8. The van der Waals surface area contributed by atoms with E-state index in [0.29, 0.717) is 16.7 Å². The van der Waals surface area contributed by atoms with Crippen LogP contribution >= 0.6 is 0 Å². The quantitative estimate of drug-likeness (QED) is 0.117. The minimum absolute atomic E-state index is 0.0249. The summed E-state index contributed by atoms with van der Waals surface area (Å²) in [5, 5.41) is 19.1. The van der Waals surface area contributed by atoms with Crippen molar-refractivity contribution in [2.45, 2.75) is 43.1 Å². The predicted molar refractivity (Wildman–Crippen MR) is 171 cm³/mol. The summed E-state index contributed by atoms with van der Waals surface area (Å²) in [6.07, 6.45) is -2.27. The van der Waals surface area contributed by atoms with E-state index in [1.165, 1.54) is 31.2 Å². The van der Waals surface area contributed by atoms with Gasteiger partial charge >= 0.3 is 12.2 Å². The highest BCUT2D eigenvalue weighted by atomic mass is 19.4. The maximum absolute atomic E-state index is 15.0. The summed E-state index contributed by atoms with van der Waals surface area (Å²) in [6.45, 7) is -0.344. The average molecular weight is 697 g/mol. The summed E-state index contributed by atoms with van der Waals surface area (Å²) in [4.78, 5) is 46.3. The Kier molecular flexibility index (Phi) is 8.98. The number of nitrogens with zero attached hydrogens (tertiary/aromatic N) is 2. The van der Waals surface area contributed by atoms with Gasteiger partial charge in [0, 0.05) is 41.4 Å². The molecule has 262 valence electrons. The van der Waals surface area contributed by atoms with Gasteiger partial charge in [-0.2, -0.15) is 13.2 Å². The highest BCUT2D eigenvalue weighted by molar-refractivity contribution is 6.00. The fourth-order valence-corrected chi connectivity index (χ4v) is 5.54. The van der Waals surface area contributed by atoms with Gasteiger partial charge in [0.15, 0.2) is 0 Å². The molecule has 2 aliphatic rings. The number of primary amides is 1. The summed E-state index contributed by atoms with van der Waals surface area (Å²) >= 11 is 0. The number of amides is 4. The Balaban J connectivity index is 1.37. The van der Waals surface area contributed by atoms with Crippen molar-refractivity contribution >= 4 is 28.7 Å². The van der Waals surface area contributed by atoms with Crippen molar-refractivity contribution < 1.29 is 46.5 Å². The predicted octanol–water partition coefficient (Wildman–Crippen LogP) is 3.59. The number of nitrogens with one attached hydrogen (secondary N) is 3. The summed E-state index contributed by atoms with van der Waals surface area (Å²) in [5.41, 5.74) is -0.891. The molecule has 0 saturated heterocycles. The molecule has 50 heavy (non-hydrogen) atoms. The Labute approximate surface area is 282 Å². The Hall–Kier alpha value is -5.51. The Morgan fingerprint density at radius 2 is 1.78 bits per heavy atom. The number of rotatable bonds is 11. The number of nitrogens with two attached hydrogens (primary N) is 1. The molecule has 3 heterocycles. The molecule has 16 heteroatoms. The highest BCUT2D eigenvalue weighted by Crippen LogP contribution is 2.48. The van der Waals surface area contributed by atoms with Gasteiger partial charge in [0.05, 0.1) is 18.3 Å². The molecule has 4 aromatic rings. The first-order chi connectivity index (χ1) is 23.7.